The fourth-order valence-corrected chi connectivity index (χ4v) is 2.94. The molecule has 0 aliphatic carbocycles. The number of nitrogens with zero attached hydrogens (tertiary/aromatic N) is 1. The maximum atomic E-state index is 12.4. The molecule has 3 rings (SSSR count). The van der Waals surface area contributed by atoms with Crippen molar-refractivity contribution in [2.45, 2.75) is 18.6 Å². The van der Waals surface area contributed by atoms with Crippen LogP contribution in [-0.2, 0) is 11.2 Å². The quantitative estimate of drug-likeness (QED) is 0.945. The number of halogens is 1. The molecule has 0 aromatic heterocycles. The first-order valence-corrected chi connectivity index (χ1v) is 7.35. The topological polar surface area (TPSA) is 32.3 Å². The summed E-state index contributed by atoms with van der Waals surface area (Å²) >= 11 is 6.04. The number of likely N-dealkylation sites (N-methyl/N-ethyl adjacent to an activating group) is 1. The van der Waals surface area contributed by atoms with Crippen molar-refractivity contribution in [1.29, 1.82) is 0 Å². The largest absolute Gasteiger partial charge is 0.325 e. The van der Waals surface area contributed by atoms with Gasteiger partial charge in [-0.05, 0) is 29.7 Å². The van der Waals surface area contributed by atoms with Gasteiger partial charge in [0.15, 0.2) is 0 Å². The van der Waals surface area contributed by atoms with Crippen LogP contribution in [0.5, 0.6) is 0 Å². The molecule has 1 aliphatic rings. The van der Waals surface area contributed by atoms with Crippen LogP contribution >= 0.6 is 11.6 Å². The lowest BCUT2D eigenvalue weighted by Gasteiger charge is -2.19. The third-order valence-corrected chi connectivity index (χ3v) is 4.07. The Balaban J connectivity index is 1.79. The minimum Gasteiger partial charge on any atom is -0.325 e. The third kappa shape index (κ3) is 2.94. The van der Waals surface area contributed by atoms with Crippen molar-refractivity contribution in [2.24, 2.45) is 0 Å². The van der Waals surface area contributed by atoms with Gasteiger partial charge in [-0.3, -0.25) is 10.1 Å². The van der Waals surface area contributed by atoms with Crippen molar-refractivity contribution in [2.75, 3.05) is 7.05 Å². The first-order valence-electron chi connectivity index (χ1n) is 6.97. The molecular formula is C17H17ClN2O. The van der Waals surface area contributed by atoms with Gasteiger partial charge in [-0.15, -0.1) is 0 Å². The van der Waals surface area contributed by atoms with Gasteiger partial charge < -0.3 is 4.90 Å². The Hall–Kier alpha value is -1.84. The van der Waals surface area contributed by atoms with E-state index in [4.69, 9.17) is 11.6 Å². The van der Waals surface area contributed by atoms with Gasteiger partial charge >= 0.3 is 0 Å². The molecule has 0 radical (unpaired) electrons. The minimum absolute atomic E-state index is 0.115. The van der Waals surface area contributed by atoms with Crippen LogP contribution in [0.15, 0.2) is 54.6 Å². The summed E-state index contributed by atoms with van der Waals surface area (Å²) < 4.78 is 0. The van der Waals surface area contributed by atoms with Gasteiger partial charge in [0.05, 0.1) is 6.04 Å². The second kappa shape index (κ2) is 5.88. The predicted molar refractivity (Wildman–Crippen MR) is 84.0 cm³/mol. The first-order chi connectivity index (χ1) is 10.1. The van der Waals surface area contributed by atoms with Crippen molar-refractivity contribution in [1.82, 2.24) is 10.2 Å². The van der Waals surface area contributed by atoms with Crippen LogP contribution in [0.1, 0.15) is 17.3 Å². The van der Waals surface area contributed by atoms with Crippen molar-refractivity contribution in [3.8, 4) is 0 Å². The van der Waals surface area contributed by atoms with E-state index < -0.39 is 0 Å². The van der Waals surface area contributed by atoms with Crippen molar-refractivity contribution < 1.29 is 4.79 Å². The molecule has 1 aliphatic heterocycles. The predicted octanol–water partition coefficient (Wildman–Crippen LogP) is 3.01. The Morgan fingerprint density at radius 3 is 2.62 bits per heavy atom. The van der Waals surface area contributed by atoms with Gasteiger partial charge in [-0.1, -0.05) is 54.1 Å². The molecule has 21 heavy (non-hydrogen) atoms. The molecule has 2 atom stereocenters. The Kier molecular flexibility index (Phi) is 3.95. The second-order valence-corrected chi connectivity index (χ2v) is 5.75. The maximum Gasteiger partial charge on any atom is 0.241 e. The van der Waals surface area contributed by atoms with Crippen LogP contribution in [-0.4, -0.2) is 23.9 Å². The second-order valence-electron chi connectivity index (χ2n) is 5.32. The molecule has 2 aromatic carbocycles. The maximum absolute atomic E-state index is 12.4. The van der Waals surface area contributed by atoms with Gasteiger partial charge in [0.25, 0.3) is 0 Å². The molecule has 1 fully saturated rings. The highest BCUT2D eigenvalue weighted by molar-refractivity contribution is 6.30. The van der Waals surface area contributed by atoms with E-state index >= 15 is 0 Å². The molecule has 1 amide bonds. The van der Waals surface area contributed by atoms with E-state index in [2.05, 4.69) is 5.32 Å². The molecule has 0 saturated carbocycles. The lowest BCUT2D eigenvalue weighted by atomic mass is 10.1. The van der Waals surface area contributed by atoms with Crippen molar-refractivity contribution >= 4 is 17.5 Å². The zero-order valence-corrected chi connectivity index (χ0v) is 12.5. The smallest absolute Gasteiger partial charge is 0.241 e. The van der Waals surface area contributed by atoms with Crippen LogP contribution in [0.4, 0.5) is 0 Å². The Labute approximate surface area is 129 Å². The summed E-state index contributed by atoms with van der Waals surface area (Å²) in [6.45, 7) is 0. The molecule has 1 saturated heterocycles. The molecule has 2 aromatic rings. The zero-order valence-electron chi connectivity index (χ0n) is 11.8. The molecule has 108 valence electrons. The van der Waals surface area contributed by atoms with E-state index in [-0.39, 0.29) is 18.1 Å². The van der Waals surface area contributed by atoms with Crippen molar-refractivity contribution in [3.05, 3.63) is 70.7 Å². The fraction of sp³-hybridized carbons (Fsp3) is 0.235. The summed E-state index contributed by atoms with van der Waals surface area (Å²) in [7, 11) is 1.83. The van der Waals surface area contributed by atoms with Crippen LogP contribution in [0.25, 0.3) is 0 Å². The number of hydrogen-bond acceptors (Lipinski definition) is 2. The number of carbonyl (C=O) groups excluding carboxylic acids is 1. The zero-order chi connectivity index (χ0) is 14.8. The van der Waals surface area contributed by atoms with Crippen LogP contribution in [0, 0.1) is 0 Å². The molecule has 0 spiro atoms. The summed E-state index contributed by atoms with van der Waals surface area (Å²) in [5.41, 5.74) is 2.16. The van der Waals surface area contributed by atoms with Crippen molar-refractivity contribution in [3.63, 3.8) is 0 Å². The standard InChI is InChI=1S/C17H17ClN2O/c1-20-16(13-8-5-9-14(18)11-13)19-15(17(20)21)10-12-6-3-2-4-7-12/h2-9,11,15-16,19H,10H2,1H3. The SMILES string of the molecule is CN1C(=O)C(Cc2ccccc2)NC1c1cccc(Cl)c1. The number of rotatable bonds is 3. The highest BCUT2D eigenvalue weighted by Crippen LogP contribution is 2.26. The summed E-state index contributed by atoms with van der Waals surface area (Å²) in [6, 6.07) is 17.5. The van der Waals surface area contributed by atoms with E-state index in [0.29, 0.717) is 11.4 Å². The molecule has 1 N–H and O–H groups in total. The van der Waals surface area contributed by atoms with E-state index in [1.165, 1.54) is 0 Å². The lowest BCUT2D eigenvalue weighted by molar-refractivity contribution is -0.128. The molecule has 1 heterocycles. The normalized spacial score (nSPS) is 21.8. The minimum atomic E-state index is -0.193. The van der Waals surface area contributed by atoms with Gasteiger partial charge in [0.2, 0.25) is 5.91 Å². The van der Waals surface area contributed by atoms with E-state index in [1.54, 1.807) is 4.90 Å². The van der Waals surface area contributed by atoms with Gasteiger partial charge in [-0.25, -0.2) is 0 Å². The first kappa shape index (κ1) is 14.1. The molecule has 4 heteroatoms. The van der Waals surface area contributed by atoms with Gasteiger partial charge in [0, 0.05) is 12.1 Å². The molecule has 0 bridgehead atoms. The number of hydrogen-bond donors (Lipinski definition) is 1. The van der Waals surface area contributed by atoms with Crippen LogP contribution in [0.2, 0.25) is 5.02 Å². The molecule has 2 unspecified atom stereocenters. The lowest BCUT2D eigenvalue weighted by Crippen LogP contribution is -2.31. The van der Waals surface area contributed by atoms with Crippen LogP contribution < -0.4 is 5.32 Å². The van der Waals surface area contributed by atoms with E-state index in [0.717, 1.165) is 11.1 Å². The molecular weight excluding hydrogens is 284 g/mol. The summed E-state index contributed by atoms with van der Waals surface area (Å²) in [5.74, 6) is 0.115. The summed E-state index contributed by atoms with van der Waals surface area (Å²) in [4.78, 5) is 14.2. The number of carbonyl (C=O) groups is 1. The third-order valence-electron chi connectivity index (χ3n) is 3.84. The van der Waals surface area contributed by atoms with Crippen LogP contribution in [0.3, 0.4) is 0 Å². The number of benzene rings is 2. The number of nitrogens with one attached hydrogen (secondary N) is 1. The highest BCUT2D eigenvalue weighted by Gasteiger charge is 2.37. The Bertz CT molecular complexity index is 644. The Morgan fingerprint density at radius 2 is 1.90 bits per heavy atom. The monoisotopic (exact) mass is 300 g/mol. The van der Waals surface area contributed by atoms with Gasteiger partial charge in [-0.2, -0.15) is 0 Å². The fourth-order valence-electron chi connectivity index (χ4n) is 2.74. The van der Waals surface area contributed by atoms with E-state index in [9.17, 15) is 4.79 Å². The van der Waals surface area contributed by atoms with E-state index in [1.807, 2.05) is 61.6 Å². The summed E-state index contributed by atoms with van der Waals surface area (Å²) in [5, 5.41) is 4.08. The average Bonchev–Trinajstić information content (AvgIpc) is 2.77. The Morgan fingerprint density at radius 1 is 1.14 bits per heavy atom. The average molecular weight is 301 g/mol. The summed E-state index contributed by atoms with van der Waals surface area (Å²) in [6.07, 6.45) is 0.575. The molecule has 3 nitrogen and oxygen atoms in total. The highest BCUT2D eigenvalue weighted by atomic mass is 35.5. The number of amides is 1. The van der Waals surface area contributed by atoms with Gasteiger partial charge in [0.1, 0.15) is 6.17 Å².